The standard InChI is InChI=1S/C5H12.C4H8.2C2H6/c1-4-5(2)3;1-3-4-2;2*1-2/h5H,4H2,1-3H3;3H,1,4H2,2H3;2*1-2H3. The van der Waals surface area contributed by atoms with Gasteiger partial charge in [-0.2, -0.15) is 0 Å². The van der Waals surface area contributed by atoms with Crippen LogP contribution in [0, 0.1) is 5.92 Å². The van der Waals surface area contributed by atoms with Gasteiger partial charge in [0.1, 0.15) is 0 Å². The third-order valence-electron chi connectivity index (χ3n) is 1.11. The van der Waals surface area contributed by atoms with Gasteiger partial charge in [0.15, 0.2) is 0 Å². The van der Waals surface area contributed by atoms with E-state index in [-0.39, 0.29) is 0 Å². The Morgan fingerprint density at radius 3 is 1.15 bits per heavy atom. The van der Waals surface area contributed by atoms with Crippen LogP contribution in [0.15, 0.2) is 12.7 Å². The van der Waals surface area contributed by atoms with Crippen LogP contribution in [-0.4, -0.2) is 0 Å². The highest BCUT2D eigenvalue weighted by atomic mass is 13.9. The van der Waals surface area contributed by atoms with Crippen molar-refractivity contribution in [1.29, 1.82) is 0 Å². The minimum atomic E-state index is 0.884. The van der Waals surface area contributed by atoms with E-state index in [1.54, 1.807) is 0 Å². The SMILES string of the molecule is C=CCC.CC.CC.CCC(C)C. The predicted molar refractivity (Wildman–Crippen MR) is 68.3 cm³/mol. The highest BCUT2D eigenvalue weighted by Crippen LogP contribution is 1.93. The van der Waals surface area contributed by atoms with E-state index < -0.39 is 0 Å². The molecule has 0 saturated carbocycles. The Labute approximate surface area is 87.4 Å². The molecule has 0 aromatic rings. The number of hydrogen-bond donors (Lipinski definition) is 0. The summed E-state index contributed by atoms with van der Waals surface area (Å²) in [5.74, 6) is 0.884. The van der Waals surface area contributed by atoms with E-state index in [9.17, 15) is 0 Å². The monoisotopic (exact) mass is 188 g/mol. The molecule has 0 heterocycles. The first-order valence-electron chi connectivity index (χ1n) is 5.79. The Balaban J connectivity index is -0.0000000457. The van der Waals surface area contributed by atoms with E-state index in [4.69, 9.17) is 0 Å². The summed E-state index contributed by atoms with van der Waals surface area (Å²) in [7, 11) is 0. The normalized spacial score (nSPS) is 6.54. The predicted octanol–water partition coefficient (Wildman–Crippen LogP) is 5.69. The fraction of sp³-hybridized carbons (Fsp3) is 0.846. The zero-order valence-corrected chi connectivity index (χ0v) is 11.3. The van der Waals surface area contributed by atoms with E-state index in [1.807, 2.05) is 33.8 Å². The van der Waals surface area contributed by atoms with Crippen molar-refractivity contribution in [1.82, 2.24) is 0 Å². The van der Waals surface area contributed by atoms with Gasteiger partial charge >= 0.3 is 0 Å². The minimum Gasteiger partial charge on any atom is -0.103 e. The van der Waals surface area contributed by atoms with Gasteiger partial charge in [-0.1, -0.05) is 67.9 Å². The summed E-state index contributed by atoms with van der Waals surface area (Å²) < 4.78 is 0. The first kappa shape index (κ1) is 23.0. The lowest BCUT2D eigenvalue weighted by Gasteiger charge is -1.90. The van der Waals surface area contributed by atoms with Crippen molar-refractivity contribution in [2.24, 2.45) is 5.92 Å². The van der Waals surface area contributed by atoms with Gasteiger partial charge in [-0.25, -0.2) is 0 Å². The van der Waals surface area contributed by atoms with Crippen LogP contribution in [0.25, 0.3) is 0 Å². The van der Waals surface area contributed by atoms with Crippen LogP contribution < -0.4 is 0 Å². The molecule has 0 aliphatic carbocycles. The molecule has 0 bridgehead atoms. The lowest BCUT2D eigenvalue weighted by atomic mass is 10.2. The third-order valence-corrected chi connectivity index (χ3v) is 1.11. The molecule has 0 aliphatic rings. The molecular formula is C13H32. The molecule has 0 unspecified atom stereocenters. The van der Waals surface area contributed by atoms with Crippen LogP contribution in [0.5, 0.6) is 0 Å². The molecule has 84 valence electrons. The van der Waals surface area contributed by atoms with Crippen molar-refractivity contribution in [2.45, 2.75) is 68.2 Å². The quantitative estimate of drug-likeness (QED) is 0.488. The summed E-state index contributed by atoms with van der Waals surface area (Å²) in [6.07, 6.45) is 4.26. The van der Waals surface area contributed by atoms with Crippen molar-refractivity contribution >= 4 is 0 Å². The van der Waals surface area contributed by atoms with Crippen LogP contribution in [0.2, 0.25) is 0 Å². The zero-order valence-electron chi connectivity index (χ0n) is 11.3. The molecule has 0 amide bonds. The largest absolute Gasteiger partial charge is 0.103 e. The van der Waals surface area contributed by atoms with Gasteiger partial charge in [-0.15, -0.1) is 6.58 Å². The van der Waals surface area contributed by atoms with Gasteiger partial charge < -0.3 is 0 Å². The van der Waals surface area contributed by atoms with Gasteiger partial charge in [0.05, 0.1) is 0 Å². The zero-order chi connectivity index (χ0) is 11.7. The number of allylic oxidation sites excluding steroid dienone is 1. The second-order valence-corrected chi connectivity index (χ2v) is 2.50. The topological polar surface area (TPSA) is 0 Å². The first-order valence-corrected chi connectivity index (χ1v) is 5.79. The van der Waals surface area contributed by atoms with Gasteiger partial charge in [0.2, 0.25) is 0 Å². The lowest BCUT2D eigenvalue weighted by Crippen LogP contribution is -1.77. The smallest absolute Gasteiger partial charge is 0.0382 e. The molecule has 0 spiro atoms. The fourth-order valence-corrected chi connectivity index (χ4v) is 0. The van der Waals surface area contributed by atoms with Gasteiger partial charge in [0.25, 0.3) is 0 Å². The Morgan fingerprint density at radius 2 is 1.15 bits per heavy atom. The van der Waals surface area contributed by atoms with E-state index in [2.05, 4.69) is 34.3 Å². The van der Waals surface area contributed by atoms with E-state index in [1.165, 1.54) is 6.42 Å². The Bertz CT molecular complexity index is 44.0. The summed E-state index contributed by atoms with van der Waals surface area (Å²) in [6.45, 7) is 20.2. The Kier molecular flexibility index (Phi) is 72.7. The molecule has 0 nitrogen and oxygen atoms in total. The van der Waals surface area contributed by atoms with Gasteiger partial charge in [-0.3, -0.25) is 0 Å². The van der Waals surface area contributed by atoms with Crippen LogP contribution in [0.3, 0.4) is 0 Å². The summed E-state index contributed by atoms with van der Waals surface area (Å²) in [4.78, 5) is 0. The maximum atomic E-state index is 3.48. The fourth-order valence-electron chi connectivity index (χ4n) is 0. The van der Waals surface area contributed by atoms with Crippen LogP contribution in [0.4, 0.5) is 0 Å². The van der Waals surface area contributed by atoms with Crippen LogP contribution >= 0.6 is 0 Å². The van der Waals surface area contributed by atoms with Crippen LogP contribution in [0.1, 0.15) is 68.2 Å². The third kappa shape index (κ3) is 148. The van der Waals surface area contributed by atoms with Gasteiger partial charge in [-0.05, 0) is 12.3 Å². The highest BCUT2D eigenvalue weighted by Gasteiger charge is 1.80. The molecule has 0 aromatic carbocycles. The molecule has 0 fully saturated rings. The summed E-state index contributed by atoms with van der Waals surface area (Å²) in [5, 5.41) is 0. The molecule has 0 N–H and O–H groups in total. The maximum Gasteiger partial charge on any atom is -0.0382 e. The molecule has 0 radical (unpaired) electrons. The number of hydrogen-bond acceptors (Lipinski definition) is 0. The maximum absolute atomic E-state index is 3.48. The van der Waals surface area contributed by atoms with Crippen LogP contribution in [-0.2, 0) is 0 Å². The van der Waals surface area contributed by atoms with E-state index >= 15 is 0 Å². The molecule has 0 atom stereocenters. The van der Waals surface area contributed by atoms with Crippen molar-refractivity contribution in [2.75, 3.05) is 0 Å². The summed E-state index contributed by atoms with van der Waals surface area (Å²) in [5.41, 5.74) is 0. The molecule has 0 saturated heterocycles. The highest BCUT2D eigenvalue weighted by molar-refractivity contribution is 4.60. The second-order valence-electron chi connectivity index (χ2n) is 2.50. The average Bonchev–Trinajstić information content (AvgIpc) is 2.24. The van der Waals surface area contributed by atoms with Crippen molar-refractivity contribution < 1.29 is 0 Å². The molecule has 0 aliphatic heterocycles. The number of rotatable bonds is 2. The van der Waals surface area contributed by atoms with Crippen molar-refractivity contribution in [3.05, 3.63) is 12.7 Å². The van der Waals surface area contributed by atoms with E-state index in [0.29, 0.717) is 0 Å². The summed E-state index contributed by atoms with van der Waals surface area (Å²) in [6, 6.07) is 0. The average molecular weight is 188 g/mol. The molecule has 13 heavy (non-hydrogen) atoms. The van der Waals surface area contributed by atoms with Gasteiger partial charge in [0, 0.05) is 0 Å². The second kappa shape index (κ2) is 41.1. The first-order chi connectivity index (χ1) is 6.18. The Morgan fingerprint density at radius 1 is 1.00 bits per heavy atom. The lowest BCUT2D eigenvalue weighted by molar-refractivity contribution is 0.626. The minimum absolute atomic E-state index is 0.884. The summed E-state index contributed by atoms with van der Waals surface area (Å²) >= 11 is 0. The van der Waals surface area contributed by atoms with Crippen molar-refractivity contribution in [3.63, 3.8) is 0 Å². The molecular weight excluding hydrogens is 156 g/mol. The molecule has 0 aromatic heterocycles. The van der Waals surface area contributed by atoms with Crippen molar-refractivity contribution in [3.8, 4) is 0 Å². The van der Waals surface area contributed by atoms with E-state index in [0.717, 1.165) is 12.3 Å². The molecule has 0 heteroatoms. The molecule has 0 rings (SSSR count). The Hall–Kier alpha value is -0.260.